The zero-order valence-corrected chi connectivity index (χ0v) is 12.6. The lowest BCUT2D eigenvalue weighted by atomic mass is 9.96. The summed E-state index contributed by atoms with van der Waals surface area (Å²) in [5.74, 6) is 0.275. The summed E-state index contributed by atoms with van der Waals surface area (Å²) in [5.41, 5.74) is 4.71. The van der Waals surface area contributed by atoms with Gasteiger partial charge in [-0.15, -0.1) is 0 Å². The monoisotopic (exact) mass is 293 g/mol. The molecule has 4 heteroatoms. The van der Waals surface area contributed by atoms with Gasteiger partial charge in [-0.3, -0.25) is 10.1 Å². The molecule has 4 nitrogen and oxygen atoms in total. The topological polar surface area (TPSA) is 61.8 Å². The Morgan fingerprint density at radius 3 is 2.59 bits per heavy atom. The number of H-pyrrole nitrogens is 1. The highest BCUT2D eigenvalue weighted by Crippen LogP contribution is 2.38. The van der Waals surface area contributed by atoms with E-state index in [4.69, 9.17) is 0 Å². The van der Waals surface area contributed by atoms with E-state index in [1.165, 1.54) is 0 Å². The Morgan fingerprint density at radius 2 is 1.86 bits per heavy atom. The Bertz CT molecular complexity index is 750. The summed E-state index contributed by atoms with van der Waals surface area (Å²) in [7, 11) is 0. The first-order valence-corrected chi connectivity index (χ1v) is 7.57. The van der Waals surface area contributed by atoms with Crippen LogP contribution in [0.2, 0.25) is 0 Å². The molecule has 2 heterocycles. The third kappa shape index (κ3) is 2.72. The van der Waals surface area contributed by atoms with Crippen LogP contribution in [0.15, 0.2) is 48.8 Å². The van der Waals surface area contributed by atoms with E-state index < -0.39 is 0 Å². The van der Waals surface area contributed by atoms with Crippen molar-refractivity contribution in [3.63, 3.8) is 0 Å². The van der Waals surface area contributed by atoms with Gasteiger partial charge < -0.3 is 5.11 Å². The maximum atomic E-state index is 10.2. The second kappa shape index (κ2) is 6.43. The molecule has 0 unspecified atom stereocenters. The lowest BCUT2D eigenvalue weighted by Gasteiger charge is -2.08. The highest BCUT2D eigenvalue weighted by molar-refractivity contribution is 5.85. The second-order valence-electron chi connectivity index (χ2n) is 5.28. The second-order valence-corrected chi connectivity index (χ2v) is 5.28. The van der Waals surface area contributed by atoms with Crippen molar-refractivity contribution in [2.45, 2.75) is 26.2 Å². The molecular weight excluding hydrogens is 274 g/mol. The fourth-order valence-electron chi connectivity index (χ4n) is 2.61. The normalized spacial score (nSPS) is 10.8. The van der Waals surface area contributed by atoms with E-state index in [-0.39, 0.29) is 5.75 Å². The van der Waals surface area contributed by atoms with Crippen molar-refractivity contribution in [3.05, 3.63) is 54.5 Å². The maximum absolute atomic E-state index is 10.2. The summed E-state index contributed by atoms with van der Waals surface area (Å²) >= 11 is 0. The molecule has 0 aliphatic heterocycles. The van der Waals surface area contributed by atoms with Crippen LogP contribution in [0.3, 0.4) is 0 Å². The summed E-state index contributed by atoms with van der Waals surface area (Å²) in [5, 5.41) is 17.9. The first kappa shape index (κ1) is 14.3. The van der Waals surface area contributed by atoms with Crippen molar-refractivity contribution in [2.75, 3.05) is 0 Å². The molecule has 3 rings (SSSR count). The summed E-state index contributed by atoms with van der Waals surface area (Å²) < 4.78 is 0. The highest BCUT2D eigenvalue weighted by atomic mass is 16.3. The minimum absolute atomic E-state index is 0.275. The zero-order chi connectivity index (χ0) is 15.4. The lowest BCUT2D eigenvalue weighted by molar-refractivity contribution is 0.477. The molecule has 0 radical (unpaired) electrons. The molecule has 2 N–H and O–H groups in total. The predicted molar refractivity (Wildman–Crippen MR) is 87.5 cm³/mol. The SMILES string of the molecule is CCCCc1[nH]nc(-c2ccncc2)c1-c1ccccc1O. The summed E-state index contributed by atoms with van der Waals surface area (Å²) in [4.78, 5) is 4.06. The van der Waals surface area contributed by atoms with Crippen LogP contribution in [-0.4, -0.2) is 20.3 Å². The first-order valence-electron chi connectivity index (χ1n) is 7.57. The van der Waals surface area contributed by atoms with Gasteiger partial charge in [0.1, 0.15) is 11.4 Å². The molecule has 3 aromatic rings. The predicted octanol–water partition coefficient (Wildman–Crippen LogP) is 4.19. The van der Waals surface area contributed by atoms with E-state index in [1.807, 2.05) is 30.3 Å². The van der Waals surface area contributed by atoms with E-state index in [2.05, 4.69) is 22.1 Å². The van der Waals surface area contributed by atoms with Crippen LogP contribution < -0.4 is 0 Å². The number of phenols is 1. The Hall–Kier alpha value is -2.62. The van der Waals surface area contributed by atoms with E-state index in [0.717, 1.165) is 47.3 Å². The summed E-state index contributed by atoms with van der Waals surface area (Å²) in [6.07, 6.45) is 6.62. The van der Waals surface area contributed by atoms with Crippen molar-refractivity contribution >= 4 is 0 Å². The number of para-hydroxylation sites is 1. The first-order chi connectivity index (χ1) is 10.8. The molecule has 0 fully saturated rings. The zero-order valence-electron chi connectivity index (χ0n) is 12.6. The van der Waals surface area contributed by atoms with Gasteiger partial charge in [-0.1, -0.05) is 31.5 Å². The van der Waals surface area contributed by atoms with Crippen molar-refractivity contribution in [3.8, 4) is 28.1 Å². The van der Waals surface area contributed by atoms with Crippen molar-refractivity contribution < 1.29 is 5.11 Å². The van der Waals surface area contributed by atoms with Gasteiger partial charge in [-0.25, -0.2) is 0 Å². The number of hydrogen-bond acceptors (Lipinski definition) is 3. The van der Waals surface area contributed by atoms with Crippen molar-refractivity contribution in [1.82, 2.24) is 15.2 Å². The number of benzene rings is 1. The van der Waals surface area contributed by atoms with Crippen LogP contribution in [0, 0.1) is 0 Å². The number of pyridine rings is 1. The van der Waals surface area contributed by atoms with Gasteiger partial charge in [-0.2, -0.15) is 5.10 Å². The molecule has 2 aromatic heterocycles. The van der Waals surface area contributed by atoms with Gasteiger partial charge in [0.15, 0.2) is 0 Å². The number of aromatic nitrogens is 3. The van der Waals surface area contributed by atoms with Gasteiger partial charge in [0.05, 0.1) is 0 Å². The minimum atomic E-state index is 0.275. The number of hydrogen-bond donors (Lipinski definition) is 2. The molecule has 0 saturated heterocycles. The van der Waals surface area contributed by atoms with E-state index in [0.29, 0.717) is 0 Å². The van der Waals surface area contributed by atoms with Crippen LogP contribution in [0.25, 0.3) is 22.4 Å². The van der Waals surface area contributed by atoms with Gasteiger partial charge in [-0.05, 0) is 31.0 Å². The molecule has 112 valence electrons. The number of nitrogens with one attached hydrogen (secondary N) is 1. The van der Waals surface area contributed by atoms with Gasteiger partial charge in [0, 0.05) is 34.8 Å². The third-order valence-electron chi connectivity index (χ3n) is 3.75. The molecular formula is C18H19N3O. The summed E-state index contributed by atoms with van der Waals surface area (Å²) in [6.45, 7) is 2.17. The number of nitrogens with zero attached hydrogens (tertiary/aromatic N) is 2. The molecule has 0 aliphatic rings. The van der Waals surface area contributed by atoms with Crippen LogP contribution in [-0.2, 0) is 6.42 Å². The smallest absolute Gasteiger partial charge is 0.123 e. The van der Waals surface area contributed by atoms with E-state index in [1.54, 1.807) is 18.5 Å². The number of phenolic OH excluding ortho intramolecular Hbond substituents is 1. The highest BCUT2D eigenvalue weighted by Gasteiger charge is 2.18. The van der Waals surface area contributed by atoms with Gasteiger partial charge in [0.25, 0.3) is 0 Å². The maximum Gasteiger partial charge on any atom is 0.123 e. The molecule has 0 bridgehead atoms. The largest absolute Gasteiger partial charge is 0.507 e. The Labute approximate surface area is 129 Å². The Morgan fingerprint density at radius 1 is 1.09 bits per heavy atom. The number of rotatable bonds is 5. The number of aromatic amines is 1. The van der Waals surface area contributed by atoms with Crippen LogP contribution in [0.4, 0.5) is 0 Å². The van der Waals surface area contributed by atoms with Crippen molar-refractivity contribution in [2.24, 2.45) is 0 Å². The quantitative estimate of drug-likeness (QED) is 0.741. The Kier molecular flexibility index (Phi) is 4.19. The average Bonchev–Trinajstić information content (AvgIpc) is 2.98. The summed E-state index contributed by atoms with van der Waals surface area (Å²) in [6, 6.07) is 11.3. The number of aromatic hydroxyl groups is 1. The van der Waals surface area contributed by atoms with Crippen LogP contribution in [0.1, 0.15) is 25.5 Å². The van der Waals surface area contributed by atoms with Gasteiger partial charge >= 0.3 is 0 Å². The standard InChI is InChI=1S/C18H19N3O/c1-2-3-7-15-17(14-6-4-5-8-16(14)22)18(21-20-15)13-9-11-19-12-10-13/h4-6,8-12,22H,2-3,7H2,1H3,(H,20,21). The molecule has 1 aromatic carbocycles. The molecule has 0 amide bonds. The average molecular weight is 293 g/mol. The van der Waals surface area contributed by atoms with E-state index >= 15 is 0 Å². The van der Waals surface area contributed by atoms with Crippen molar-refractivity contribution in [1.29, 1.82) is 0 Å². The fraction of sp³-hybridized carbons (Fsp3) is 0.222. The lowest BCUT2D eigenvalue weighted by Crippen LogP contribution is -1.90. The van der Waals surface area contributed by atoms with Crippen LogP contribution >= 0.6 is 0 Å². The third-order valence-corrected chi connectivity index (χ3v) is 3.75. The van der Waals surface area contributed by atoms with Gasteiger partial charge in [0.2, 0.25) is 0 Å². The number of unbranched alkanes of at least 4 members (excludes halogenated alkanes) is 1. The molecule has 22 heavy (non-hydrogen) atoms. The van der Waals surface area contributed by atoms with Crippen LogP contribution in [0.5, 0.6) is 5.75 Å². The minimum Gasteiger partial charge on any atom is -0.507 e. The Balaban J connectivity index is 2.16. The molecule has 0 atom stereocenters. The molecule has 0 aliphatic carbocycles. The molecule has 0 saturated carbocycles. The van der Waals surface area contributed by atoms with E-state index in [9.17, 15) is 5.11 Å². The fourth-order valence-corrected chi connectivity index (χ4v) is 2.61. The molecule has 0 spiro atoms. The number of aryl methyl sites for hydroxylation is 1.